The van der Waals surface area contributed by atoms with Crippen LogP contribution >= 0.6 is 0 Å². The largest absolute Gasteiger partial charge is 0.508 e. The highest BCUT2D eigenvalue weighted by Gasteiger charge is 2.09. The zero-order valence-electron chi connectivity index (χ0n) is 14.5. The zero-order chi connectivity index (χ0) is 18.4. The van der Waals surface area contributed by atoms with E-state index in [1.54, 1.807) is 24.4 Å². The number of nitrogens with one attached hydrogen (secondary N) is 2. The fourth-order valence-corrected chi connectivity index (χ4v) is 2.68. The van der Waals surface area contributed by atoms with Crippen molar-refractivity contribution in [3.63, 3.8) is 0 Å². The molecule has 0 bridgehead atoms. The van der Waals surface area contributed by atoms with Gasteiger partial charge in [-0.05, 0) is 47.4 Å². The van der Waals surface area contributed by atoms with E-state index in [1.165, 1.54) is 0 Å². The first kappa shape index (κ1) is 17.5. The third kappa shape index (κ3) is 4.60. The Hall–Kier alpha value is -3.34. The molecule has 0 radical (unpaired) electrons. The predicted molar refractivity (Wildman–Crippen MR) is 102 cm³/mol. The molecule has 0 fully saturated rings. The highest BCUT2D eigenvalue weighted by molar-refractivity contribution is 5.74. The van der Waals surface area contributed by atoms with E-state index in [0.29, 0.717) is 6.54 Å². The van der Waals surface area contributed by atoms with Gasteiger partial charge < -0.3 is 15.7 Å². The van der Waals surface area contributed by atoms with E-state index >= 15 is 0 Å². The molecular weight excluding hydrogens is 326 g/mol. The van der Waals surface area contributed by atoms with Gasteiger partial charge in [-0.2, -0.15) is 0 Å². The lowest BCUT2D eigenvalue weighted by Crippen LogP contribution is -2.36. The molecule has 1 atom stereocenters. The number of hydrogen-bond acceptors (Lipinski definition) is 3. The zero-order valence-corrected chi connectivity index (χ0v) is 14.5. The molecular formula is C21H21N3O2. The van der Waals surface area contributed by atoms with Crippen molar-refractivity contribution in [2.75, 3.05) is 0 Å². The maximum atomic E-state index is 12.1. The number of carbonyl (C=O) groups excluding carboxylic acids is 1. The van der Waals surface area contributed by atoms with Crippen molar-refractivity contribution in [3.8, 4) is 16.9 Å². The van der Waals surface area contributed by atoms with Gasteiger partial charge in [0.2, 0.25) is 0 Å². The Labute approximate surface area is 152 Å². The second-order valence-electron chi connectivity index (χ2n) is 6.08. The number of hydrogen-bond donors (Lipinski definition) is 3. The molecule has 0 aliphatic rings. The molecule has 1 heterocycles. The van der Waals surface area contributed by atoms with E-state index in [9.17, 15) is 9.90 Å². The molecule has 0 unspecified atom stereocenters. The molecule has 5 heteroatoms. The van der Waals surface area contributed by atoms with Crippen molar-refractivity contribution in [1.29, 1.82) is 0 Å². The average Bonchev–Trinajstić information content (AvgIpc) is 2.67. The number of pyridine rings is 1. The van der Waals surface area contributed by atoms with Crippen molar-refractivity contribution in [3.05, 3.63) is 84.2 Å². The van der Waals surface area contributed by atoms with Gasteiger partial charge in [0.15, 0.2) is 0 Å². The Kier molecular flexibility index (Phi) is 5.49. The van der Waals surface area contributed by atoms with Crippen LogP contribution in [0.25, 0.3) is 11.1 Å². The molecule has 3 aromatic rings. The van der Waals surface area contributed by atoms with Gasteiger partial charge in [0.25, 0.3) is 0 Å². The van der Waals surface area contributed by atoms with Crippen LogP contribution in [0.15, 0.2) is 73.1 Å². The summed E-state index contributed by atoms with van der Waals surface area (Å²) in [6.45, 7) is 2.29. The number of urea groups is 1. The van der Waals surface area contributed by atoms with Crippen LogP contribution in [0, 0.1) is 0 Å². The van der Waals surface area contributed by atoms with E-state index in [4.69, 9.17) is 0 Å². The van der Waals surface area contributed by atoms with Gasteiger partial charge in [0.1, 0.15) is 5.75 Å². The number of amides is 2. The van der Waals surface area contributed by atoms with Gasteiger partial charge in [0.05, 0.1) is 6.04 Å². The molecule has 0 spiro atoms. The van der Waals surface area contributed by atoms with Gasteiger partial charge in [-0.1, -0.05) is 42.5 Å². The fraction of sp³-hybridized carbons (Fsp3) is 0.143. The number of carbonyl (C=O) groups is 1. The van der Waals surface area contributed by atoms with E-state index in [1.807, 2.05) is 55.6 Å². The quantitative estimate of drug-likeness (QED) is 0.653. The molecule has 5 nitrogen and oxygen atoms in total. The highest BCUT2D eigenvalue weighted by atomic mass is 16.3. The van der Waals surface area contributed by atoms with Crippen molar-refractivity contribution in [2.45, 2.75) is 19.5 Å². The minimum atomic E-state index is -0.253. The minimum absolute atomic E-state index is 0.123. The fourth-order valence-electron chi connectivity index (χ4n) is 2.68. The summed E-state index contributed by atoms with van der Waals surface area (Å²) in [5.41, 5.74) is 4.00. The monoisotopic (exact) mass is 347 g/mol. The van der Waals surface area contributed by atoms with E-state index in [0.717, 1.165) is 22.3 Å². The third-order valence-electron chi connectivity index (χ3n) is 4.12. The topological polar surface area (TPSA) is 74.2 Å². The standard InChI is InChI=1S/C21H21N3O2/c1-15(24-21(26)23-13-16-4-2-6-20(25)12-16)17-7-9-18(10-8-17)19-5-3-11-22-14-19/h2-12,14-15,25H,13H2,1H3,(H2,23,24,26)/t15-/m1/s1. The van der Waals surface area contributed by atoms with Crippen LogP contribution in [0.3, 0.4) is 0 Å². The lowest BCUT2D eigenvalue weighted by Gasteiger charge is -2.16. The average molecular weight is 347 g/mol. The van der Waals surface area contributed by atoms with Gasteiger partial charge in [-0.15, -0.1) is 0 Å². The Morgan fingerprint density at radius 2 is 1.88 bits per heavy atom. The molecule has 0 saturated heterocycles. The van der Waals surface area contributed by atoms with Crippen LogP contribution in [0.1, 0.15) is 24.1 Å². The van der Waals surface area contributed by atoms with Crippen LogP contribution in [0.4, 0.5) is 4.79 Å². The van der Waals surface area contributed by atoms with Gasteiger partial charge in [-0.25, -0.2) is 4.79 Å². The van der Waals surface area contributed by atoms with Crippen LogP contribution in [0.2, 0.25) is 0 Å². The summed E-state index contributed by atoms with van der Waals surface area (Å²) in [6.07, 6.45) is 3.57. The number of nitrogens with zero attached hydrogens (tertiary/aromatic N) is 1. The summed E-state index contributed by atoms with van der Waals surface area (Å²) in [6, 6.07) is 18.4. The molecule has 3 N–H and O–H groups in total. The second-order valence-corrected chi connectivity index (χ2v) is 6.08. The number of aromatic nitrogens is 1. The van der Waals surface area contributed by atoms with Crippen LogP contribution in [-0.2, 0) is 6.54 Å². The Morgan fingerprint density at radius 1 is 1.08 bits per heavy atom. The maximum Gasteiger partial charge on any atom is 0.315 e. The summed E-state index contributed by atoms with van der Waals surface area (Å²) in [5.74, 6) is 0.187. The number of benzene rings is 2. The maximum absolute atomic E-state index is 12.1. The van der Waals surface area contributed by atoms with Crippen molar-refractivity contribution >= 4 is 6.03 Å². The summed E-state index contributed by atoms with van der Waals surface area (Å²) in [4.78, 5) is 16.2. The van der Waals surface area contributed by atoms with E-state index in [2.05, 4.69) is 15.6 Å². The highest BCUT2D eigenvalue weighted by Crippen LogP contribution is 2.21. The van der Waals surface area contributed by atoms with Crippen molar-refractivity contribution < 1.29 is 9.90 Å². The molecule has 2 aromatic carbocycles. The Bertz CT molecular complexity index is 864. The van der Waals surface area contributed by atoms with Crippen molar-refractivity contribution in [2.24, 2.45) is 0 Å². The number of phenols is 1. The third-order valence-corrected chi connectivity index (χ3v) is 4.12. The molecule has 1 aromatic heterocycles. The van der Waals surface area contributed by atoms with Gasteiger partial charge in [-0.3, -0.25) is 4.98 Å². The molecule has 3 rings (SSSR count). The number of aromatic hydroxyl groups is 1. The van der Waals surface area contributed by atoms with E-state index in [-0.39, 0.29) is 17.8 Å². The summed E-state index contributed by atoms with van der Waals surface area (Å²) < 4.78 is 0. The summed E-state index contributed by atoms with van der Waals surface area (Å²) >= 11 is 0. The van der Waals surface area contributed by atoms with E-state index < -0.39 is 0 Å². The Balaban J connectivity index is 1.55. The smallest absolute Gasteiger partial charge is 0.315 e. The summed E-state index contributed by atoms with van der Waals surface area (Å²) in [7, 11) is 0. The molecule has 0 aliphatic carbocycles. The lowest BCUT2D eigenvalue weighted by atomic mass is 10.0. The SMILES string of the molecule is C[C@@H](NC(=O)NCc1cccc(O)c1)c1ccc(-c2cccnc2)cc1. The van der Waals surface area contributed by atoms with Crippen LogP contribution in [-0.4, -0.2) is 16.1 Å². The molecule has 0 aliphatic heterocycles. The van der Waals surface area contributed by atoms with Gasteiger partial charge >= 0.3 is 6.03 Å². The molecule has 132 valence electrons. The second kappa shape index (κ2) is 8.16. The molecule has 2 amide bonds. The Morgan fingerprint density at radius 3 is 2.58 bits per heavy atom. The predicted octanol–water partition coefficient (Wildman–Crippen LogP) is 4.01. The van der Waals surface area contributed by atoms with Crippen LogP contribution in [0.5, 0.6) is 5.75 Å². The molecule has 26 heavy (non-hydrogen) atoms. The molecule has 0 saturated carbocycles. The first-order valence-electron chi connectivity index (χ1n) is 8.44. The van der Waals surface area contributed by atoms with Crippen LogP contribution < -0.4 is 10.6 Å². The number of phenolic OH excluding ortho intramolecular Hbond substituents is 1. The van der Waals surface area contributed by atoms with Crippen molar-refractivity contribution in [1.82, 2.24) is 15.6 Å². The summed E-state index contributed by atoms with van der Waals surface area (Å²) in [5, 5.41) is 15.2. The first-order valence-corrected chi connectivity index (χ1v) is 8.44. The first-order chi connectivity index (χ1) is 12.6. The minimum Gasteiger partial charge on any atom is -0.508 e. The number of rotatable bonds is 5. The lowest BCUT2D eigenvalue weighted by molar-refractivity contribution is 0.237. The van der Waals surface area contributed by atoms with Gasteiger partial charge in [0, 0.05) is 18.9 Å². The normalized spacial score (nSPS) is 11.6.